The van der Waals surface area contributed by atoms with Crippen molar-refractivity contribution in [3.05, 3.63) is 24.3 Å². The maximum absolute atomic E-state index is 13.1. The van der Waals surface area contributed by atoms with Crippen LogP contribution in [-0.2, 0) is 65.4 Å². The molecule has 0 aromatic heterocycles. The topological polar surface area (TPSA) is 237 Å². The molecule has 0 aliphatic rings. The van der Waals surface area contributed by atoms with E-state index in [1.165, 1.54) is 212 Å². The van der Waals surface area contributed by atoms with Crippen LogP contribution in [0.1, 0.15) is 401 Å². The summed E-state index contributed by atoms with van der Waals surface area (Å²) in [5.74, 6) is -1.34. The van der Waals surface area contributed by atoms with Gasteiger partial charge < -0.3 is 33.8 Å². The number of allylic oxidation sites excluding steroid dienone is 4. The zero-order chi connectivity index (χ0) is 72.7. The van der Waals surface area contributed by atoms with Gasteiger partial charge in [0.25, 0.3) is 0 Å². The van der Waals surface area contributed by atoms with E-state index in [2.05, 4.69) is 58.9 Å². The molecule has 0 heterocycles. The molecule has 17 nitrogen and oxygen atoms in total. The van der Waals surface area contributed by atoms with Crippen LogP contribution in [0.15, 0.2) is 24.3 Å². The first-order chi connectivity index (χ1) is 48.0. The van der Waals surface area contributed by atoms with E-state index in [0.717, 1.165) is 109 Å². The van der Waals surface area contributed by atoms with Gasteiger partial charge in [0, 0.05) is 25.7 Å². The molecule has 0 aromatic rings. The summed E-state index contributed by atoms with van der Waals surface area (Å²) in [6.45, 7) is 7.28. The van der Waals surface area contributed by atoms with E-state index in [0.29, 0.717) is 25.7 Å². The number of phosphoric acid groups is 2. The van der Waals surface area contributed by atoms with E-state index >= 15 is 0 Å². The number of aliphatic hydroxyl groups is 1. The van der Waals surface area contributed by atoms with Crippen molar-refractivity contribution in [3.63, 3.8) is 0 Å². The maximum atomic E-state index is 13.1. The van der Waals surface area contributed by atoms with Crippen molar-refractivity contribution in [2.45, 2.75) is 419 Å². The van der Waals surface area contributed by atoms with Gasteiger partial charge in [-0.15, -0.1) is 0 Å². The molecule has 584 valence electrons. The van der Waals surface area contributed by atoms with Crippen LogP contribution in [0, 0.1) is 5.92 Å². The molecule has 0 rings (SSSR count). The fourth-order valence-electron chi connectivity index (χ4n) is 11.9. The van der Waals surface area contributed by atoms with Crippen LogP contribution in [0.2, 0.25) is 0 Å². The van der Waals surface area contributed by atoms with Crippen molar-refractivity contribution in [1.82, 2.24) is 0 Å². The summed E-state index contributed by atoms with van der Waals surface area (Å²) in [4.78, 5) is 72.9. The molecule has 0 aliphatic carbocycles. The molecule has 0 fully saturated rings. The lowest BCUT2D eigenvalue weighted by molar-refractivity contribution is -0.161. The number of unbranched alkanes of at least 4 members (excludes halogenated alkanes) is 47. The summed E-state index contributed by atoms with van der Waals surface area (Å²) in [6, 6.07) is 0. The van der Waals surface area contributed by atoms with Crippen molar-refractivity contribution >= 4 is 39.5 Å². The number of phosphoric ester groups is 2. The summed E-state index contributed by atoms with van der Waals surface area (Å²) in [7, 11) is -9.93. The molecule has 0 bridgehead atoms. The second-order valence-corrected chi connectivity index (χ2v) is 31.5. The third-order valence-corrected chi connectivity index (χ3v) is 20.1. The third-order valence-electron chi connectivity index (χ3n) is 18.2. The molecule has 0 saturated heterocycles. The second-order valence-electron chi connectivity index (χ2n) is 28.6. The van der Waals surface area contributed by atoms with Gasteiger partial charge in [-0.05, 0) is 57.3 Å². The Morgan fingerprint density at radius 2 is 0.545 bits per heavy atom. The Balaban J connectivity index is 5.27. The monoisotopic (exact) mass is 1450 g/mol. The minimum absolute atomic E-state index is 0.0855. The van der Waals surface area contributed by atoms with Gasteiger partial charge in [0.1, 0.15) is 19.3 Å². The summed E-state index contributed by atoms with van der Waals surface area (Å²) >= 11 is 0. The van der Waals surface area contributed by atoms with Crippen molar-refractivity contribution in [2.24, 2.45) is 5.92 Å². The van der Waals surface area contributed by atoms with Crippen molar-refractivity contribution < 1.29 is 80.2 Å². The fraction of sp³-hybridized carbons (Fsp3) is 0.900. The van der Waals surface area contributed by atoms with E-state index in [9.17, 15) is 43.2 Å². The van der Waals surface area contributed by atoms with Crippen LogP contribution in [0.5, 0.6) is 0 Å². The zero-order valence-corrected chi connectivity index (χ0v) is 65.9. The largest absolute Gasteiger partial charge is 0.472 e. The van der Waals surface area contributed by atoms with Gasteiger partial charge in [0.15, 0.2) is 12.2 Å². The highest BCUT2D eigenvalue weighted by molar-refractivity contribution is 7.47. The van der Waals surface area contributed by atoms with Gasteiger partial charge in [0.2, 0.25) is 0 Å². The van der Waals surface area contributed by atoms with Crippen LogP contribution in [0.25, 0.3) is 0 Å². The quantitative estimate of drug-likeness (QED) is 0.0169. The molecule has 0 aliphatic heterocycles. The van der Waals surface area contributed by atoms with E-state index in [4.69, 9.17) is 37.0 Å². The van der Waals surface area contributed by atoms with E-state index in [1.54, 1.807) is 0 Å². The molecular weight excluding hydrogens is 1290 g/mol. The molecule has 0 amide bonds. The molecule has 2 unspecified atom stereocenters. The van der Waals surface area contributed by atoms with Gasteiger partial charge in [-0.2, -0.15) is 0 Å². The van der Waals surface area contributed by atoms with Crippen LogP contribution in [-0.4, -0.2) is 96.7 Å². The normalized spacial score (nSPS) is 14.0. The number of carbonyl (C=O) groups is 4. The Bertz CT molecular complexity index is 1990. The highest BCUT2D eigenvalue weighted by atomic mass is 31.2. The first kappa shape index (κ1) is 96.5. The number of rotatable bonds is 78. The first-order valence-corrected chi connectivity index (χ1v) is 43.9. The van der Waals surface area contributed by atoms with E-state index in [-0.39, 0.29) is 25.7 Å². The van der Waals surface area contributed by atoms with Crippen LogP contribution >= 0.6 is 15.6 Å². The molecular formula is C80H152O17P2. The maximum Gasteiger partial charge on any atom is 0.472 e. The molecule has 19 heteroatoms. The van der Waals surface area contributed by atoms with Crippen molar-refractivity contribution in [2.75, 3.05) is 39.6 Å². The minimum atomic E-state index is -4.96. The van der Waals surface area contributed by atoms with Crippen LogP contribution in [0.3, 0.4) is 0 Å². The Hall–Kier alpha value is -2.46. The predicted octanol–water partition coefficient (Wildman–Crippen LogP) is 23.6. The molecule has 0 spiro atoms. The second kappa shape index (κ2) is 72.5. The van der Waals surface area contributed by atoms with Gasteiger partial charge in [-0.1, -0.05) is 348 Å². The van der Waals surface area contributed by atoms with Crippen LogP contribution < -0.4 is 0 Å². The Morgan fingerprint density at radius 3 is 0.828 bits per heavy atom. The van der Waals surface area contributed by atoms with E-state index < -0.39 is 97.5 Å². The van der Waals surface area contributed by atoms with Gasteiger partial charge in [0.05, 0.1) is 26.4 Å². The Labute approximate surface area is 605 Å². The number of esters is 4. The van der Waals surface area contributed by atoms with Crippen molar-refractivity contribution in [3.8, 4) is 0 Å². The zero-order valence-electron chi connectivity index (χ0n) is 64.1. The molecule has 99 heavy (non-hydrogen) atoms. The smallest absolute Gasteiger partial charge is 0.462 e. The highest BCUT2D eigenvalue weighted by Crippen LogP contribution is 2.45. The lowest BCUT2D eigenvalue weighted by atomic mass is 10.0. The predicted molar refractivity (Wildman–Crippen MR) is 404 cm³/mol. The highest BCUT2D eigenvalue weighted by Gasteiger charge is 2.30. The average Bonchev–Trinajstić information content (AvgIpc) is 1.07. The van der Waals surface area contributed by atoms with Gasteiger partial charge >= 0.3 is 39.5 Å². The number of hydrogen-bond donors (Lipinski definition) is 3. The number of ether oxygens (including phenoxy) is 4. The summed E-state index contributed by atoms with van der Waals surface area (Å²) in [5, 5.41) is 10.6. The number of carbonyl (C=O) groups excluding carboxylic acids is 4. The summed E-state index contributed by atoms with van der Waals surface area (Å²) in [5.41, 5.74) is 0. The number of aliphatic hydroxyl groups excluding tert-OH is 1. The SMILES string of the molecule is CCCCCC/C=C\C=C/CCCCCCCC(=O)O[C@H](COC(=O)CCCCCCCCCCCC)COP(=O)(O)OC[C@H](O)COP(=O)(O)OC[C@@H](COC(=O)CCCCCCCCCCCCCCCCCC)OC(=O)CCCCCCCCCCCCCCCCCC(C)C. The van der Waals surface area contributed by atoms with Crippen LogP contribution in [0.4, 0.5) is 0 Å². The van der Waals surface area contributed by atoms with Crippen molar-refractivity contribution in [1.29, 1.82) is 0 Å². The summed E-state index contributed by atoms with van der Waals surface area (Å²) < 4.78 is 68.6. The first-order valence-electron chi connectivity index (χ1n) is 41.0. The molecule has 0 saturated carbocycles. The van der Waals surface area contributed by atoms with Gasteiger partial charge in [-0.25, -0.2) is 9.13 Å². The molecule has 0 radical (unpaired) electrons. The standard InChI is InChI=1S/C80H152O17P2/c1-6-9-12-15-18-21-24-26-28-32-35-39-44-49-54-59-64-78(83)91-70-76(97-80(85)66-61-56-51-46-41-37-33-29-31-34-38-42-47-52-57-62-73(4)5)72-95-99(88,89)93-68-74(81)67-92-98(86,87)94-71-75(69-90-77(82)63-58-53-48-43-23-20-17-14-11-8-3)96-79(84)65-60-55-50-45-40-36-30-27-25-22-19-16-13-10-7-2/h22,25,27,30,73-76,81H,6-21,23-24,26,28-29,31-72H2,1-5H3,(H,86,87)(H,88,89)/b25-22-,30-27-/t74-,75+,76+/m0/s1. The van der Waals surface area contributed by atoms with E-state index in [1.807, 2.05) is 0 Å². The number of hydrogen-bond acceptors (Lipinski definition) is 15. The lowest BCUT2D eigenvalue weighted by Gasteiger charge is -2.21. The average molecular weight is 1450 g/mol. The third kappa shape index (κ3) is 73.6. The summed E-state index contributed by atoms with van der Waals surface area (Å²) in [6.07, 6.45) is 65.9. The Kier molecular flexibility index (Phi) is 70.7. The Morgan fingerprint density at radius 1 is 0.313 bits per heavy atom. The van der Waals surface area contributed by atoms with Gasteiger partial charge in [-0.3, -0.25) is 37.3 Å². The minimum Gasteiger partial charge on any atom is -0.462 e. The molecule has 3 N–H and O–H groups in total. The fourth-order valence-corrected chi connectivity index (χ4v) is 13.4. The molecule has 5 atom stereocenters. The molecule has 0 aromatic carbocycles. The lowest BCUT2D eigenvalue weighted by Crippen LogP contribution is -2.30.